The first-order chi connectivity index (χ1) is 12.7. The number of carbonyl (C=O) groups is 4. The molecule has 8 heteroatoms. The standard InChI is InChI=1S/C19H30O8/c1-13(19(23)27-15(3)17(21)9-7-11-25-5)12-18(22)26-14(2)16(20)8-6-10-24-4/h14-15H,1,6-12H2,2-5H3. The van der Waals surface area contributed by atoms with Crippen molar-refractivity contribution in [3.05, 3.63) is 12.2 Å². The molecule has 0 aliphatic heterocycles. The number of rotatable bonds is 15. The smallest absolute Gasteiger partial charge is 0.334 e. The van der Waals surface area contributed by atoms with E-state index in [2.05, 4.69) is 6.58 Å². The topological polar surface area (TPSA) is 105 Å². The lowest BCUT2D eigenvalue weighted by atomic mass is 10.1. The normalized spacial score (nSPS) is 12.7. The van der Waals surface area contributed by atoms with Gasteiger partial charge in [0.1, 0.15) is 0 Å². The Morgan fingerprint density at radius 1 is 0.815 bits per heavy atom. The van der Waals surface area contributed by atoms with E-state index < -0.39 is 30.6 Å². The van der Waals surface area contributed by atoms with Crippen LogP contribution in [0.25, 0.3) is 0 Å². The molecule has 0 saturated heterocycles. The lowest BCUT2D eigenvalue weighted by molar-refractivity contribution is -0.155. The average molecular weight is 386 g/mol. The van der Waals surface area contributed by atoms with E-state index in [0.717, 1.165) is 0 Å². The molecule has 0 rings (SSSR count). The molecule has 0 spiro atoms. The number of hydrogen-bond donors (Lipinski definition) is 0. The van der Waals surface area contributed by atoms with Gasteiger partial charge >= 0.3 is 11.9 Å². The number of esters is 2. The molecule has 0 heterocycles. The molecule has 0 fully saturated rings. The summed E-state index contributed by atoms with van der Waals surface area (Å²) in [6, 6.07) is 0. The van der Waals surface area contributed by atoms with Crippen LogP contribution in [0.5, 0.6) is 0 Å². The molecule has 0 N–H and O–H groups in total. The van der Waals surface area contributed by atoms with Crippen molar-refractivity contribution in [1.82, 2.24) is 0 Å². The molecule has 0 saturated carbocycles. The fourth-order valence-electron chi connectivity index (χ4n) is 2.05. The van der Waals surface area contributed by atoms with Gasteiger partial charge < -0.3 is 18.9 Å². The van der Waals surface area contributed by atoms with Crippen molar-refractivity contribution in [3.8, 4) is 0 Å². The predicted octanol–water partition coefficient (Wildman–Crippen LogP) is 1.79. The molecule has 0 aromatic heterocycles. The van der Waals surface area contributed by atoms with Crippen LogP contribution in [0.15, 0.2) is 12.2 Å². The second-order valence-electron chi connectivity index (χ2n) is 6.09. The van der Waals surface area contributed by atoms with Gasteiger partial charge in [-0.2, -0.15) is 0 Å². The maximum absolute atomic E-state index is 11.9. The van der Waals surface area contributed by atoms with Crippen LogP contribution in [0.1, 0.15) is 46.0 Å². The molecule has 0 aromatic carbocycles. The van der Waals surface area contributed by atoms with Crippen molar-refractivity contribution in [3.63, 3.8) is 0 Å². The highest BCUT2D eigenvalue weighted by molar-refractivity contribution is 5.95. The van der Waals surface area contributed by atoms with E-state index in [1.165, 1.54) is 28.1 Å². The molecule has 154 valence electrons. The highest BCUT2D eigenvalue weighted by Crippen LogP contribution is 2.10. The van der Waals surface area contributed by atoms with Gasteiger partial charge in [-0.05, 0) is 26.7 Å². The van der Waals surface area contributed by atoms with Crippen molar-refractivity contribution in [2.45, 2.75) is 58.2 Å². The second-order valence-corrected chi connectivity index (χ2v) is 6.09. The van der Waals surface area contributed by atoms with Gasteiger partial charge in [0.15, 0.2) is 23.8 Å². The fraction of sp³-hybridized carbons (Fsp3) is 0.684. The zero-order valence-corrected chi connectivity index (χ0v) is 16.6. The van der Waals surface area contributed by atoms with Crippen LogP contribution < -0.4 is 0 Å². The second kappa shape index (κ2) is 14.1. The Morgan fingerprint density at radius 3 is 1.70 bits per heavy atom. The summed E-state index contributed by atoms with van der Waals surface area (Å²) in [7, 11) is 3.07. The summed E-state index contributed by atoms with van der Waals surface area (Å²) >= 11 is 0. The Kier molecular flexibility index (Phi) is 13.0. The van der Waals surface area contributed by atoms with Crippen LogP contribution in [0.3, 0.4) is 0 Å². The number of ether oxygens (including phenoxy) is 4. The molecule has 8 nitrogen and oxygen atoms in total. The minimum absolute atomic E-state index is 0.143. The molecule has 0 bridgehead atoms. The fourth-order valence-corrected chi connectivity index (χ4v) is 2.05. The maximum Gasteiger partial charge on any atom is 0.334 e. The number of Topliss-reactive ketones (excluding diaryl/α,β-unsaturated/α-hetero) is 2. The first kappa shape index (κ1) is 24.9. The third-order valence-corrected chi connectivity index (χ3v) is 3.69. The first-order valence-electron chi connectivity index (χ1n) is 8.84. The van der Waals surface area contributed by atoms with Crippen molar-refractivity contribution in [2.24, 2.45) is 0 Å². The Bertz CT molecular complexity index is 526. The molecule has 2 unspecified atom stereocenters. The number of methoxy groups -OCH3 is 2. The lowest BCUT2D eigenvalue weighted by Gasteiger charge is -2.15. The SMILES string of the molecule is C=C(CC(=O)OC(C)C(=O)CCCOC)C(=O)OC(C)C(=O)CCCOC. The Labute approximate surface area is 160 Å². The average Bonchev–Trinajstić information content (AvgIpc) is 2.61. The predicted molar refractivity (Wildman–Crippen MR) is 97.1 cm³/mol. The van der Waals surface area contributed by atoms with E-state index in [4.69, 9.17) is 18.9 Å². The summed E-state index contributed by atoms with van der Waals surface area (Å²) in [6.45, 7) is 7.29. The molecule has 0 radical (unpaired) electrons. The van der Waals surface area contributed by atoms with Crippen molar-refractivity contribution in [1.29, 1.82) is 0 Å². The van der Waals surface area contributed by atoms with Gasteiger partial charge in [-0.25, -0.2) is 4.79 Å². The highest BCUT2D eigenvalue weighted by Gasteiger charge is 2.23. The molecular formula is C19H30O8. The zero-order chi connectivity index (χ0) is 20.8. The number of hydrogen-bond acceptors (Lipinski definition) is 8. The van der Waals surface area contributed by atoms with E-state index in [-0.39, 0.29) is 30.0 Å². The van der Waals surface area contributed by atoms with Crippen LogP contribution >= 0.6 is 0 Å². The number of carbonyl (C=O) groups excluding carboxylic acids is 4. The largest absolute Gasteiger partial charge is 0.454 e. The minimum Gasteiger partial charge on any atom is -0.454 e. The zero-order valence-electron chi connectivity index (χ0n) is 16.6. The lowest BCUT2D eigenvalue weighted by Crippen LogP contribution is -2.27. The number of ketones is 2. The highest BCUT2D eigenvalue weighted by atomic mass is 16.6. The van der Waals surface area contributed by atoms with E-state index in [9.17, 15) is 19.2 Å². The third kappa shape index (κ3) is 11.3. The molecule has 2 atom stereocenters. The minimum atomic E-state index is -0.941. The monoisotopic (exact) mass is 386 g/mol. The van der Waals surface area contributed by atoms with Gasteiger partial charge in [0.25, 0.3) is 0 Å². The molecule has 0 aliphatic rings. The van der Waals surface area contributed by atoms with E-state index in [0.29, 0.717) is 26.1 Å². The van der Waals surface area contributed by atoms with Crippen molar-refractivity contribution < 1.29 is 38.1 Å². The van der Waals surface area contributed by atoms with Gasteiger partial charge in [-0.3, -0.25) is 14.4 Å². The third-order valence-electron chi connectivity index (χ3n) is 3.69. The van der Waals surface area contributed by atoms with Crippen LogP contribution in [0, 0.1) is 0 Å². The van der Waals surface area contributed by atoms with Crippen LogP contribution in [-0.2, 0) is 38.1 Å². The van der Waals surface area contributed by atoms with Crippen molar-refractivity contribution in [2.75, 3.05) is 27.4 Å². The van der Waals surface area contributed by atoms with Crippen LogP contribution in [0.4, 0.5) is 0 Å². The summed E-state index contributed by atoms with van der Waals surface area (Å²) < 4.78 is 19.7. The molecule has 0 amide bonds. The summed E-state index contributed by atoms with van der Waals surface area (Å²) in [5, 5.41) is 0. The molecule has 27 heavy (non-hydrogen) atoms. The van der Waals surface area contributed by atoms with Gasteiger partial charge in [-0.1, -0.05) is 6.58 Å². The Balaban J connectivity index is 4.29. The first-order valence-corrected chi connectivity index (χ1v) is 8.84. The summed E-state index contributed by atoms with van der Waals surface area (Å²) in [5.74, 6) is -2.09. The summed E-state index contributed by atoms with van der Waals surface area (Å²) in [5.41, 5.74) is -0.143. The van der Waals surface area contributed by atoms with Gasteiger partial charge in [0, 0.05) is 45.8 Å². The summed E-state index contributed by atoms with van der Waals surface area (Å²) in [4.78, 5) is 47.4. The van der Waals surface area contributed by atoms with Gasteiger partial charge in [0.05, 0.1) is 6.42 Å². The van der Waals surface area contributed by atoms with E-state index in [1.54, 1.807) is 0 Å². The van der Waals surface area contributed by atoms with Crippen molar-refractivity contribution >= 4 is 23.5 Å². The van der Waals surface area contributed by atoms with E-state index in [1.807, 2.05) is 0 Å². The molecular weight excluding hydrogens is 356 g/mol. The Morgan fingerprint density at radius 2 is 1.26 bits per heavy atom. The molecule has 0 aromatic rings. The van der Waals surface area contributed by atoms with Gasteiger partial charge in [0.2, 0.25) is 0 Å². The summed E-state index contributed by atoms with van der Waals surface area (Å²) in [6.07, 6.45) is -0.761. The molecule has 0 aliphatic carbocycles. The Hall–Kier alpha value is -2.06. The van der Waals surface area contributed by atoms with Crippen LogP contribution in [-0.4, -0.2) is 63.1 Å². The van der Waals surface area contributed by atoms with Crippen LogP contribution in [0.2, 0.25) is 0 Å². The maximum atomic E-state index is 11.9. The van der Waals surface area contributed by atoms with Gasteiger partial charge in [-0.15, -0.1) is 0 Å². The van der Waals surface area contributed by atoms with E-state index >= 15 is 0 Å². The quantitative estimate of drug-likeness (QED) is 0.238.